The molecule has 0 spiro atoms. The van der Waals surface area contributed by atoms with Crippen molar-refractivity contribution in [2.45, 2.75) is 31.9 Å². The molecule has 0 aliphatic heterocycles. The lowest BCUT2D eigenvalue weighted by Crippen LogP contribution is -2.38. The Bertz CT molecular complexity index is 554. The van der Waals surface area contributed by atoms with Crippen molar-refractivity contribution in [1.29, 1.82) is 0 Å². The largest absolute Gasteiger partial charge is 0.493 e. The molecule has 0 aliphatic carbocycles. The molecule has 1 aromatic rings. The van der Waals surface area contributed by atoms with Crippen molar-refractivity contribution >= 4 is 21.2 Å². The van der Waals surface area contributed by atoms with Gasteiger partial charge in [-0.1, -0.05) is 6.92 Å². The number of sulfone groups is 1. The highest BCUT2D eigenvalue weighted by atomic mass is 32.2. The van der Waals surface area contributed by atoms with E-state index in [1.54, 1.807) is 26.0 Å². The molecule has 6 heteroatoms. The molecule has 0 atom stereocenters. The van der Waals surface area contributed by atoms with Gasteiger partial charge in [-0.3, -0.25) is 0 Å². The fourth-order valence-corrected chi connectivity index (χ4v) is 1.81. The Labute approximate surface area is 121 Å². The highest BCUT2D eigenvalue weighted by Gasteiger charge is 2.29. The van der Waals surface area contributed by atoms with Crippen LogP contribution in [0.3, 0.4) is 0 Å². The second kappa shape index (κ2) is 6.35. The van der Waals surface area contributed by atoms with Crippen LogP contribution in [0.2, 0.25) is 0 Å². The van der Waals surface area contributed by atoms with E-state index >= 15 is 0 Å². The Morgan fingerprint density at radius 2 is 1.95 bits per heavy atom. The van der Waals surface area contributed by atoms with E-state index in [4.69, 9.17) is 10.5 Å². The van der Waals surface area contributed by atoms with E-state index in [0.29, 0.717) is 24.6 Å². The van der Waals surface area contributed by atoms with Crippen molar-refractivity contribution in [3.63, 3.8) is 0 Å². The summed E-state index contributed by atoms with van der Waals surface area (Å²) in [6, 6.07) is 5.34. The first-order valence-electron chi connectivity index (χ1n) is 6.62. The normalized spacial score (nSPS) is 12.2. The minimum Gasteiger partial charge on any atom is -0.493 e. The van der Waals surface area contributed by atoms with Crippen LogP contribution in [0.15, 0.2) is 18.2 Å². The molecule has 0 fully saturated rings. The maximum absolute atomic E-state index is 11.7. The van der Waals surface area contributed by atoms with E-state index in [9.17, 15) is 8.42 Å². The molecular formula is C14H24N2O3S. The number of hydrogen-bond donors (Lipinski definition) is 2. The van der Waals surface area contributed by atoms with Gasteiger partial charge >= 0.3 is 0 Å². The molecule has 0 radical (unpaired) electrons. The Morgan fingerprint density at radius 3 is 2.50 bits per heavy atom. The monoisotopic (exact) mass is 300 g/mol. The third kappa shape index (κ3) is 4.59. The number of benzene rings is 1. The zero-order valence-electron chi connectivity index (χ0n) is 12.6. The predicted molar refractivity (Wildman–Crippen MR) is 84.1 cm³/mol. The molecule has 1 rings (SSSR count). The van der Waals surface area contributed by atoms with E-state index in [0.717, 1.165) is 12.1 Å². The summed E-state index contributed by atoms with van der Waals surface area (Å²) in [5.74, 6) is 0.687. The van der Waals surface area contributed by atoms with E-state index in [-0.39, 0.29) is 0 Å². The van der Waals surface area contributed by atoms with Gasteiger partial charge in [0.2, 0.25) is 0 Å². The zero-order chi connectivity index (χ0) is 15.4. The van der Waals surface area contributed by atoms with Gasteiger partial charge in [0.15, 0.2) is 9.84 Å². The lowest BCUT2D eigenvalue weighted by Gasteiger charge is -2.23. The molecule has 5 nitrogen and oxygen atoms in total. The van der Waals surface area contributed by atoms with Crippen molar-refractivity contribution in [1.82, 2.24) is 0 Å². The fraction of sp³-hybridized carbons (Fsp3) is 0.571. The molecule has 0 heterocycles. The summed E-state index contributed by atoms with van der Waals surface area (Å²) in [6.45, 7) is 6.34. The van der Waals surface area contributed by atoms with Crippen molar-refractivity contribution in [2.75, 3.05) is 30.5 Å². The average molecular weight is 300 g/mol. The van der Waals surface area contributed by atoms with Gasteiger partial charge in [-0.15, -0.1) is 0 Å². The number of anilines is 2. The van der Waals surface area contributed by atoms with Gasteiger partial charge in [-0.2, -0.15) is 0 Å². The summed E-state index contributed by atoms with van der Waals surface area (Å²) in [6.07, 6.45) is 2.16. The topological polar surface area (TPSA) is 81.4 Å². The second-order valence-electron chi connectivity index (χ2n) is 5.52. The molecule has 1 aromatic carbocycles. The lowest BCUT2D eigenvalue weighted by atomic mass is 10.2. The van der Waals surface area contributed by atoms with Crippen LogP contribution < -0.4 is 15.8 Å². The summed E-state index contributed by atoms with van der Waals surface area (Å²) >= 11 is 0. The quantitative estimate of drug-likeness (QED) is 0.755. The van der Waals surface area contributed by atoms with Crippen molar-refractivity contribution in [2.24, 2.45) is 0 Å². The van der Waals surface area contributed by atoms with Crippen LogP contribution in [0.4, 0.5) is 11.4 Å². The molecule has 0 unspecified atom stereocenters. The molecule has 0 amide bonds. The molecular weight excluding hydrogens is 276 g/mol. The maximum Gasteiger partial charge on any atom is 0.154 e. The minimum absolute atomic E-state index is 0.308. The molecule has 3 N–H and O–H groups in total. The van der Waals surface area contributed by atoms with Crippen LogP contribution in [0.25, 0.3) is 0 Å². The smallest absolute Gasteiger partial charge is 0.154 e. The summed E-state index contributed by atoms with van der Waals surface area (Å²) in [7, 11) is -3.13. The van der Waals surface area contributed by atoms with Crippen LogP contribution in [-0.4, -0.2) is 32.6 Å². The van der Waals surface area contributed by atoms with Gasteiger partial charge in [-0.25, -0.2) is 8.42 Å². The Morgan fingerprint density at radius 1 is 1.30 bits per heavy atom. The van der Waals surface area contributed by atoms with Gasteiger partial charge in [0, 0.05) is 36.3 Å². The molecule has 0 aromatic heterocycles. The zero-order valence-corrected chi connectivity index (χ0v) is 13.4. The molecule has 0 saturated carbocycles. The Kier molecular flexibility index (Phi) is 5.28. The molecule has 0 bridgehead atoms. The highest BCUT2D eigenvalue weighted by molar-refractivity contribution is 7.92. The molecule has 114 valence electrons. The summed E-state index contributed by atoms with van der Waals surface area (Å²) < 4.78 is 28.0. The third-order valence-electron chi connectivity index (χ3n) is 3.12. The van der Waals surface area contributed by atoms with Crippen molar-refractivity contribution in [3.8, 4) is 5.75 Å². The van der Waals surface area contributed by atoms with Crippen molar-refractivity contribution in [3.05, 3.63) is 18.2 Å². The highest BCUT2D eigenvalue weighted by Crippen LogP contribution is 2.24. The van der Waals surface area contributed by atoms with E-state index in [1.165, 1.54) is 6.26 Å². The standard InChI is InChI=1S/C14H24N2O3S/c1-5-6-19-13-8-11(15)7-12(9-13)16-10-14(2,3)20(4,17)18/h7-9,16H,5-6,10,15H2,1-4H3. The predicted octanol–water partition coefficient (Wildman–Crippen LogP) is 2.29. The molecule has 20 heavy (non-hydrogen) atoms. The number of nitrogens with two attached hydrogens (primary N) is 1. The van der Waals surface area contributed by atoms with Crippen LogP contribution >= 0.6 is 0 Å². The number of nitrogen functional groups attached to an aromatic ring is 1. The van der Waals surface area contributed by atoms with Gasteiger partial charge in [0.05, 0.1) is 11.4 Å². The van der Waals surface area contributed by atoms with Crippen LogP contribution in [-0.2, 0) is 9.84 Å². The number of rotatable bonds is 7. The Hall–Kier alpha value is -1.43. The summed E-state index contributed by atoms with van der Waals surface area (Å²) in [5, 5.41) is 3.11. The number of nitrogens with one attached hydrogen (secondary N) is 1. The number of hydrogen-bond acceptors (Lipinski definition) is 5. The lowest BCUT2D eigenvalue weighted by molar-refractivity contribution is 0.318. The molecule has 0 aliphatic rings. The fourth-order valence-electron chi connectivity index (χ4n) is 1.47. The van der Waals surface area contributed by atoms with Crippen LogP contribution in [0.5, 0.6) is 5.75 Å². The SMILES string of the molecule is CCCOc1cc(N)cc(NCC(C)(C)S(C)(=O)=O)c1. The molecule has 0 saturated heterocycles. The summed E-state index contributed by atoms with van der Waals surface area (Å²) in [5.41, 5.74) is 7.16. The van der Waals surface area contributed by atoms with Gasteiger partial charge < -0.3 is 15.8 Å². The first-order valence-corrected chi connectivity index (χ1v) is 8.51. The van der Waals surface area contributed by atoms with E-state index < -0.39 is 14.6 Å². The number of ether oxygens (including phenoxy) is 1. The van der Waals surface area contributed by atoms with Gasteiger partial charge in [-0.05, 0) is 26.3 Å². The first kappa shape index (κ1) is 16.6. The van der Waals surface area contributed by atoms with E-state index in [2.05, 4.69) is 5.32 Å². The maximum atomic E-state index is 11.7. The average Bonchev–Trinajstić information content (AvgIpc) is 2.32. The van der Waals surface area contributed by atoms with Crippen molar-refractivity contribution < 1.29 is 13.2 Å². The minimum atomic E-state index is -3.13. The third-order valence-corrected chi connectivity index (χ3v) is 5.28. The Balaban J connectivity index is 2.80. The second-order valence-corrected chi connectivity index (χ2v) is 8.17. The van der Waals surface area contributed by atoms with Crippen LogP contribution in [0, 0.1) is 0 Å². The van der Waals surface area contributed by atoms with E-state index in [1.807, 2.05) is 13.0 Å². The summed E-state index contributed by atoms with van der Waals surface area (Å²) in [4.78, 5) is 0. The van der Waals surface area contributed by atoms with Gasteiger partial charge in [0.1, 0.15) is 5.75 Å². The van der Waals surface area contributed by atoms with Crippen LogP contribution in [0.1, 0.15) is 27.2 Å². The van der Waals surface area contributed by atoms with Gasteiger partial charge in [0.25, 0.3) is 0 Å². The first-order chi connectivity index (χ1) is 9.15.